The Balaban J connectivity index is 1.52. The number of carbonyl (C=O) groups excluding carboxylic acids is 1. The molecule has 1 aliphatic rings. The molecule has 116 valence electrons. The Bertz CT molecular complexity index is 667. The van der Waals surface area contributed by atoms with E-state index in [1.807, 2.05) is 17.8 Å². The summed E-state index contributed by atoms with van der Waals surface area (Å²) >= 11 is 0. The van der Waals surface area contributed by atoms with Crippen LogP contribution in [0.3, 0.4) is 0 Å². The number of halogens is 1. The maximum Gasteiger partial charge on any atom is 0.317 e. The van der Waals surface area contributed by atoms with Gasteiger partial charge < -0.3 is 14.8 Å². The molecule has 2 aromatic rings. The normalized spacial score (nSPS) is 19.8. The molecule has 2 amide bonds. The predicted molar refractivity (Wildman–Crippen MR) is 80.8 cm³/mol. The van der Waals surface area contributed by atoms with Gasteiger partial charge >= 0.3 is 6.03 Å². The Kier molecular flexibility index (Phi) is 3.83. The van der Waals surface area contributed by atoms with Gasteiger partial charge in [0.2, 0.25) is 0 Å². The topological polar surface area (TPSA) is 50.2 Å². The first-order valence-electron chi connectivity index (χ1n) is 7.28. The number of hydrogen-bond acceptors (Lipinski definition) is 2. The number of hydrogen-bond donors (Lipinski definition) is 1. The fourth-order valence-electron chi connectivity index (χ4n) is 2.53. The van der Waals surface area contributed by atoms with Crippen molar-refractivity contribution in [3.8, 4) is 0 Å². The van der Waals surface area contributed by atoms with Crippen LogP contribution in [0.25, 0.3) is 0 Å². The van der Waals surface area contributed by atoms with Crippen molar-refractivity contribution < 1.29 is 9.18 Å². The van der Waals surface area contributed by atoms with Crippen molar-refractivity contribution in [3.05, 3.63) is 53.9 Å². The van der Waals surface area contributed by atoms with Gasteiger partial charge in [0.15, 0.2) is 0 Å². The van der Waals surface area contributed by atoms with Crippen molar-refractivity contribution in [2.75, 3.05) is 7.05 Å². The van der Waals surface area contributed by atoms with Crippen LogP contribution in [0.1, 0.15) is 23.7 Å². The molecule has 6 heteroatoms. The van der Waals surface area contributed by atoms with E-state index in [0.717, 1.165) is 17.8 Å². The van der Waals surface area contributed by atoms with E-state index in [1.54, 1.807) is 30.3 Å². The van der Waals surface area contributed by atoms with Crippen molar-refractivity contribution >= 4 is 6.03 Å². The van der Waals surface area contributed by atoms with Crippen LogP contribution in [0, 0.1) is 5.82 Å². The second-order valence-corrected chi connectivity index (χ2v) is 5.76. The highest BCUT2D eigenvalue weighted by atomic mass is 19.1. The number of aromatic nitrogens is 2. The molecular formula is C16H19FN4O. The third-order valence-electron chi connectivity index (χ3n) is 4.04. The van der Waals surface area contributed by atoms with E-state index in [1.165, 1.54) is 12.1 Å². The summed E-state index contributed by atoms with van der Waals surface area (Å²) in [6, 6.07) is 6.49. The van der Waals surface area contributed by atoms with E-state index in [9.17, 15) is 9.18 Å². The van der Waals surface area contributed by atoms with Gasteiger partial charge in [0, 0.05) is 38.4 Å². The van der Waals surface area contributed by atoms with Gasteiger partial charge in [0.05, 0.1) is 6.54 Å². The Morgan fingerprint density at radius 2 is 2.18 bits per heavy atom. The van der Waals surface area contributed by atoms with E-state index >= 15 is 0 Å². The summed E-state index contributed by atoms with van der Waals surface area (Å²) in [5, 5.41) is 3.00. The summed E-state index contributed by atoms with van der Waals surface area (Å²) in [5.74, 6) is 0.884. The second-order valence-electron chi connectivity index (χ2n) is 5.76. The van der Waals surface area contributed by atoms with Crippen LogP contribution >= 0.6 is 0 Å². The molecule has 0 saturated heterocycles. The lowest BCUT2D eigenvalue weighted by Gasteiger charge is -2.17. The smallest absolute Gasteiger partial charge is 0.317 e. The molecule has 1 fully saturated rings. The van der Waals surface area contributed by atoms with E-state index in [2.05, 4.69) is 10.3 Å². The van der Waals surface area contributed by atoms with Crippen LogP contribution in [-0.2, 0) is 13.6 Å². The van der Waals surface area contributed by atoms with Gasteiger partial charge in [-0.05, 0) is 24.1 Å². The molecule has 0 spiro atoms. The van der Waals surface area contributed by atoms with Crippen molar-refractivity contribution in [1.82, 2.24) is 19.8 Å². The minimum Gasteiger partial charge on any atom is -0.337 e. The molecule has 22 heavy (non-hydrogen) atoms. The van der Waals surface area contributed by atoms with Crippen LogP contribution in [0.4, 0.5) is 9.18 Å². The molecule has 1 aliphatic carbocycles. The summed E-state index contributed by atoms with van der Waals surface area (Å²) < 4.78 is 14.8. The van der Waals surface area contributed by atoms with Gasteiger partial charge in [-0.3, -0.25) is 0 Å². The summed E-state index contributed by atoms with van der Waals surface area (Å²) in [6.07, 6.45) is 4.46. The van der Waals surface area contributed by atoms with E-state index < -0.39 is 0 Å². The number of carbonyl (C=O) groups is 1. The predicted octanol–water partition coefficient (Wildman–Crippen LogP) is 2.26. The van der Waals surface area contributed by atoms with E-state index in [0.29, 0.717) is 6.54 Å². The number of imidazole rings is 1. The zero-order chi connectivity index (χ0) is 15.7. The number of aryl methyl sites for hydroxylation is 1. The van der Waals surface area contributed by atoms with E-state index in [4.69, 9.17) is 0 Å². The number of benzene rings is 1. The lowest BCUT2D eigenvalue weighted by atomic mass is 10.1. The van der Waals surface area contributed by atoms with Gasteiger partial charge in [0.1, 0.15) is 11.6 Å². The third kappa shape index (κ3) is 3.10. The number of amides is 2. The molecule has 0 bridgehead atoms. The summed E-state index contributed by atoms with van der Waals surface area (Å²) in [5.41, 5.74) is 1.07. The van der Waals surface area contributed by atoms with Crippen molar-refractivity contribution in [2.24, 2.45) is 7.05 Å². The SMILES string of the molecule is CN(Cc1nccn1C)C(=O)N[C@@H]1C[C@H]1c1ccc(F)cc1. The second kappa shape index (κ2) is 5.79. The third-order valence-corrected chi connectivity index (χ3v) is 4.04. The molecule has 5 nitrogen and oxygen atoms in total. The zero-order valence-corrected chi connectivity index (χ0v) is 12.7. The lowest BCUT2D eigenvalue weighted by molar-refractivity contribution is 0.204. The average Bonchev–Trinajstić information content (AvgIpc) is 3.14. The van der Waals surface area contributed by atoms with Crippen molar-refractivity contribution in [1.29, 1.82) is 0 Å². The number of nitrogens with one attached hydrogen (secondary N) is 1. The highest BCUT2D eigenvalue weighted by molar-refractivity contribution is 5.74. The molecule has 0 radical (unpaired) electrons. The highest BCUT2D eigenvalue weighted by Crippen LogP contribution is 2.40. The highest BCUT2D eigenvalue weighted by Gasteiger charge is 2.39. The largest absolute Gasteiger partial charge is 0.337 e. The van der Waals surface area contributed by atoms with Gasteiger partial charge in [-0.2, -0.15) is 0 Å². The van der Waals surface area contributed by atoms with Gasteiger partial charge in [-0.15, -0.1) is 0 Å². The van der Waals surface area contributed by atoms with Gasteiger partial charge in [0.25, 0.3) is 0 Å². The molecule has 1 N–H and O–H groups in total. The number of rotatable bonds is 4. The first kappa shape index (κ1) is 14.6. The van der Waals surface area contributed by atoms with Crippen LogP contribution in [-0.4, -0.2) is 33.6 Å². The molecule has 3 rings (SSSR count). The fraction of sp³-hybridized carbons (Fsp3) is 0.375. The molecule has 1 aromatic heterocycles. The Morgan fingerprint density at radius 1 is 1.45 bits per heavy atom. The Morgan fingerprint density at radius 3 is 2.82 bits per heavy atom. The molecule has 0 aliphatic heterocycles. The van der Waals surface area contributed by atoms with Crippen LogP contribution in [0.15, 0.2) is 36.7 Å². The van der Waals surface area contributed by atoms with E-state index in [-0.39, 0.29) is 23.8 Å². The van der Waals surface area contributed by atoms with Gasteiger partial charge in [-0.25, -0.2) is 14.2 Å². The quantitative estimate of drug-likeness (QED) is 0.942. The minimum atomic E-state index is -0.236. The lowest BCUT2D eigenvalue weighted by Crippen LogP contribution is -2.38. The molecule has 1 aromatic carbocycles. The van der Waals surface area contributed by atoms with Crippen LogP contribution < -0.4 is 5.32 Å². The summed E-state index contributed by atoms with van der Waals surface area (Å²) in [6.45, 7) is 0.462. The summed E-state index contributed by atoms with van der Waals surface area (Å²) in [4.78, 5) is 18.0. The van der Waals surface area contributed by atoms with Crippen molar-refractivity contribution in [2.45, 2.75) is 24.9 Å². The molecular weight excluding hydrogens is 283 g/mol. The number of urea groups is 1. The Hall–Kier alpha value is -2.37. The molecule has 1 heterocycles. The van der Waals surface area contributed by atoms with Gasteiger partial charge in [-0.1, -0.05) is 12.1 Å². The first-order valence-corrected chi connectivity index (χ1v) is 7.28. The van der Waals surface area contributed by atoms with Crippen LogP contribution in [0.5, 0.6) is 0 Å². The standard InChI is InChI=1S/C16H19FN4O/c1-20-8-7-18-15(20)10-21(2)16(22)19-14-9-13(14)11-3-5-12(17)6-4-11/h3-8,13-14H,9-10H2,1-2H3,(H,19,22)/t13-,14+/m0/s1. The molecule has 0 unspecified atom stereocenters. The van der Waals surface area contributed by atoms with Crippen LogP contribution in [0.2, 0.25) is 0 Å². The number of nitrogens with zero attached hydrogens (tertiary/aromatic N) is 3. The molecule has 1 saturated carbocycles. The maximum atomic E-state index is 12.9. The molecule has 2 atom stereocenters. The summed E-state index contributed by atoms with van der Waals surface area (Å²) in [7, 11) is 3.65. The fourth-order valence-corrected chi connectivity index (χ4v) is 2.53. The average molecular weight is 302 g/mol. The minimum absolute atomic E-state index is 0.113. The zero-order valence-electron chi connectivity index (χ0n) is 12.7. The van der Waals surface area contributed by atoms with Crippen molar-refractivity contribution in [3.63, 3.8) is 0 Å². The Labute approximate surface area is 128 Å². The maximum absolute atomic E-state index is 12.9. The monoisotopic (exact) mass is 302 g/mol. The first-order chi connectivity index (χ1) is 10.5.